The maximum atomic E-state index is 7.75. The van der Waals surface area contributed by atoms with Gasteiger partial charge >= 0.3 is 19.5 Å². The molecule has 0 atom stereocenters. The van der Waals surface area contributed by atoms with Gasteiger partial charge in [0.2, 0.25) is 0 Å². The third-order valence-electron chi connectivity index (χ3n) is 12.3. The number of carbonyl (C=O) groups excluding carboxylic acids is 1. The quantitative estimate of drug-likeness (QED) is 0.0999. The summed E-state index contributed by atoms with van der Waals surface area (Å²) < 4.78 is 0. The van der Waals surface area contributed by atoms with Crippen LogP contribution in [0.2, 0.25) is 0 Å². The first-order valence-electron chi connectivity index (χ1n) is 21.3. The van der Waals surface area contributed by atoms with Crippen molar-refractivity contribution in [3.8, 4) is 44.5 Å². The van der Waals surface area contributed by atoms with Gasteiger partial charge in [0.05, 0.1) is 22.8 Å². The van der Waals surface area contributed by atoms with E-state index in [1.54, 1.807) is 0 Å². The number of hydrogen-bond donors (Lipinski definition) is 0. The first-order valence-corrected chi connectivity index (χ1v) is 21.3. The van der Waals surface area contributed by atoms with E-state index in [-0.39, 0.29) is 19.5 Å². The minimum absolute atomic E-state index is 0. The van der Waals surface area contributed by atoms with E-state index in [2.05, 4.69) is 187 Å². The molecule has 315 valence electrons. The summed E-state index contributed by atoms with van der Waals surface area (Å²) in [5.74, 6) is 0. The maximum absolute atomic E-state index is 7.75. The molecule has 0 aliphatic carbocycles. The molecule has 0 spiro atoms. The predicted octanol–water partition coefficient (Wildman–Crippen LogP) is 14.0. The second-order valence-electron chi connectivity index (χ2n) is 17.5. The smallest absolute Gasteiger partial charge is 0.657 e. The number of aryl methyl sites for hydroxylation is 12. The molecule has 2 aliphatic rings. The zero-order valence-corrected chi connectivity index (χ0v) is 40.1. The van der Waals surface area contributed by atoms with E-state index in [1.807, 2.05) is 0 Å². The van der Waals surface area contributed by atoms with Gasteiger partial charge < -0.3 is 14.8 Å². The van der Waals surface area contributed by atoms with E-state index in [0.717, 1.165) is 89.4 Å². The van der Waals surface area contributed by atoms with Gasteiger partial charge in [-0.3, -0.25) is 6.79 Å². The molecule has 0 saturated carbocycles. The number of benzene rings is 4. The first kappa shape index (κ1) is 44.8. The summed E-state index contributed by atoms with van der Waals surface area (Å²) in [4.78, 5) is 30.1. The van der Waals surface area contributed by atoms with Crippen LogP contribution in [0, 0.1) is 83.1 Å². The molecule has 9 rings (SSSR count). The van der Waals surface area contributed by atoms with Crippen molar-refractivity contribution >= 4 is 53.2 Å². The zero-order valence-electron chi connectivity index (χ0n) is 38.4. The fourth-order valence-electron chi connectivity index (χ4n) is 10.4. The average Bonchev–Trinajstić information content (AvgIpc) is 4.03. The number of nitrogens with zero attached hydrogens (tertiary/aromatic N) is 4. The molecule has 0 amide bonds. The molecule has 0 N–H and O–H groups in total. The van der Waals surface area contributed by atoms with Crippen molar-refractivity contribution in [1.29, 1.82) is 0 Å². The molecule has 1 radical (unpaired) electrons. The van der Waals surface area contributed by atoms with Crippen molar-refractivity contribution in [3.63, 3.8) is 0 Å². The Morgan fingerprint density at radius 3 is 0.667 bits per heavy atom. The molecule has 0 saturated heterocycles. The molecule has 3 aromatic heterocycles. The van der Waals surface area contributed by atoms with Crippen LogP contribution in [0.25, 0.3) is 90.9 Å². The van der Waals surface area contributed by atoms with Gasteiger partial charge in [-0.05, 0) is 196 Å². The van der Waals surface area contributed by atoms with Crippen molar-refractivity contribution in [1.82, 2.24) is 19.9 Å². The summed E-state index contributed by atoms with van der Waals surface area (Å²) in [5, 5.41) is 0. The largest absolute Gasteiger partial charge is 3.00 e. The standard InChI is InChI=1S/C56H52N4.CHO.Ru/c1-29-21-33(5)49(34(6)22-29)53-41-13-15-43(57-41)54(50-35(7)23-30(2)24-36(50)8)45-17-19-47(59-45)56(52-39(11)27-32(4)28-40(52)12)48-20-18-46(60-48)55(44-16-14-42(53)58-44)51-37(9)25-31(3)26-38(51)10;1-2;/h13-28H,1-12H3;1H;/q-2;-1;+3. The van der Waals surface area contributed by atoms with Crippen molar-refractivity contribution in [2.24, 2.45) is 0 Å². The summed E-state index contributed by atoms with van der Waals surface area (Å²) in [6, 6.07) is 26.9. The number of aromatic nitrogens is 4. The van der Waals surface area contributed by atoms with Crippen LogP contribution >= 0.6 is 0 Å². The molecular weight excluding hydrogens is 858 g/mol. The predicted molar refractivity (Wildman–Crippen MR) is 262 cm³/mol. The average molecular weight is 911 g/mol. The van der Waals surface area contributed by atoms with E-state index < -0.39 is 0 Å². The normalized spacial score (nSPS) is 11.7. The molecule has 5 nitrogen and oxygen atoms in total. The number of rotatable bonds is 4. The zero-order chi connectivity index (χ0) is 44.3. The Hall–Kier alpha value is -6.23. The Kier molecular flexibility index (Phi) is 12.5. The summed E-state index contributed by atoms with van der Waals surface area (Å²) in [7, 11) is 0. The minimum Gasteiger partial charge on any atom is -0.657 e. The third-order valence-corrected chi connectivity index (χ3v) is 12.3. The van der Waals surface area contributed by atoms with Crippen LogP contribution < -0.4 is 9.97 Å². The van der Waals surface area contributed by atoms with E-state index in [4.69, 9.17) is 24.7 Å². The Labute approximate surface area is 385 Å². The van der Waals surface area contributed by atoms with Crippen LogP contribution in [0.4, 0.5) is 0 Å². The molecule has 0 fully saturated rings. The van der Waals surface area contributed by atoms with Gasteiger partial charge in [-0.2, -0.15) is 0 Å². The minimum atomic E-state index is 0. The fraction of sp³-hybridized carbons (Fsp3) is 0.211. The van der Waals surface area contributed by atoms with Gasteiger partial charge in [-0.25, -0.2) is 9.97 Å². The fourth-order valence-corrected chi connectivity index (χ4v) is 10.4. The van der Waals surface area contributed by atoms with E-state index >= 15 is 0 Å². The molecule has 4 aromatic carbocycles. The van der Waals surface area contributed by atoms with Gasteiger partial charge in [-0.1, -0.05) is 95.1 Å². The van der Waals surface area contributed by atoms with Gasteiger partial charge in [0, 0.05) is 0 Å². The number of fused-ring (bicyclic) bond motifs is 8. The van der Waals surface area contributed by atoms with Crippen molar-refractivity contribution in [2.45, 2.75) is 83.1 Å². The van der Waals surface area contributed by atoms with Crippen LogP contribution in [0.3, 0.4) is 0 Å². The van der Waals surface area contributed by atoms with Crippen molar-refractivity contribution in [3.05, 3.63) is 162 Å². The third kappa shape index (κ3) is 8.02. The number of hydrogen-bond acceptors (Lipinski definition) is 3. The molecule has 5 heterocycles. The molecule has 7 aromatic rings. The Morgan fingerprint density at radius 1 is 0.317 bits per heavy atom. The van der Waals surface area contributed by atoms with Gasteiger partial charge in [0.15, 0.2) is 0 Å². The second-order valence-corrected chi connectivity index (χ2v) is 17.5. The van der Waals surface area contributed by atoms with Gasteiger partial charge in [-0.15, -0.1) is 22.1 Å². The summed E-state index contributed by atoms with van der Waals surface area (Å²) >= 11 is 0. The Morgan fingerprint density at radius 2 is 0.492 bits per heavy atom. The Bertz CT molecular complexity index is 2730. The summed E-state index contributed by atoms with van der Waals surface area (Å²) in [6.45, 7) is 29.6. The molecular formula is C57H53N4ORu. The molecule has 63 heavy (non-hydrogen) atoms. The van der Waals surface area contributed by atoms with Crippen LogP contribution in [-0.4, -0.2) is 16.8 Å². The van der Waals surface area contributed by atoms with E-state index in [0.29, 0.717) is 0 Å². The van der Waals surface area contributed by atoms with Crippen LogP contribution in [0.15, 0.2) is 72.8 Å². The SMILES string of the molecule is Cc1cc(C)c(-c2c3nc(c(-c4c(C)cc(C)cc4C)c4ccc([n-]4)c(-c4c(C)cc(C)cc4C)c4nc(c(-c5c(C)cc(C)cc5C)c5ccc2[n-]5)C=C4)C=C3)c(C)c1.[CH-]=O.[Ru+3]. The second kappa shape index (κ2) is 17.5. The molecule has 0 unspecified atom stereocenters. The monoisotopic (exact) mass is 911 g/mol. The molecule has 8 bridgehead atoms. The molecule has 6 heteroatoms. The first-order chi connectivity index (χ1) is 29.7. The summed E-state index contributed by atoms with van der Waals surface area (Å²) in [5.41, 5.74) is 30.4. The van der Waals surface area contributed by atoms with Crippen LogP contribution in [0.1, 0.15) is 89.5 Å². The van der Waals surface area contributed by atoms with Crippen molar-refractivity contribution < 1.29 is 24.3 Å². The van der Waals surface area contributed by atoms with Crippen LogP contribution in [0.5, 0.6) is 0 Å². The maximum Gasteiger partial charge on any atom is 3.00 e. The van der Waals surface area contributed by atoms with Crippen LogP contribution in [-0.2, 0) is 24.3 Å². The van der Waals surface area contributed by atoms with E-state index in [9.17, 15) is 0 Å². The topological polar surface area (TPSA) is 71.1 Å². The van der Waals surface area contributed by atoms with Crippen molar-refractivity contribution in [2.75, 3.05) is 0 Å². The Balaban J connectivity index is 0.00000196. The van der Waals surface area contributed by atoms with Gasteiger partial charge in [0.1, 0.15) is 0 Å². The summed E-state index contributed by atoms with van der Waals surface area (Å²) in [6.07, 6.45) is 8.72. The van der Waals surface area contributed by atoms with E-state index in [1.165, 1.54) is 66.8 Å². The van der Waals surface area contributed by atoms with Gasteiger partial charge in [0.25, 0.3) is 0 Å². The molecule has 2 aliphatic heterocycles.